The van der Waals surface area contributed by atoms with Crippen molar-refractivity contribution in [3.05, 3.63) is 0 Å². The number of fused-ring (bicyclic) bond motifs is 10. The van der Waals surface area contributed by atoms with Crippen molar-refractivity contribution in [3.63, 3.8) is 0 Å². The number of carboxylic acids is 2. The molecule has 4 nitrogen and oxygen atoms in total. The molecule has 0 aliphatic carbocycles. The zero-order valence-electron chi connectivity index (χ0n) is 8.68. The molecular weight excluding hydrogens is 264 g/mol. The first-order valence-corrected chi connectivity index (χ1v) is 12.7. The molecule has 10 rings (SSSR count). The van der Waals surface area contributed by atoms with Gasteiger partial charge in [-0.25, -0.2) is 0 Å². The summed E-state index contributed by atoms with van der Waals surface area (Å²) in [4.78, 5) is 28.9. The molecule has 10 heterocycles. The number of carbonyl (C=O) groups is 2. The van der Waals surface area contributed by atoms with Crippen molar-refractivity contribution in [2.45, 2.75) is 47.2 Å². The third-order valence-corrected chi connectivity index (χ3v) is 58.1. The molecule has 10 aliphatic rings. The molecular formula is C12H10FeO4. The van der Waals surface area contributed by atoms with Gasteiger partial charge < -0.3 is 0 Å². The van der Waals surface area contributed by atoms with Gasteiger partial charge in [0.05, 0.1) is 0 Å². The summed E-state index contributed by atoms with van der Waals surface area (Å²) in [6.45, 7) is -4.10. The third kappa shape index (κ3) is 0.0497. The van der Waals surface area contributed by atoms with E-state index < -0.39 is 18.4 Å². The number of hydrogen-bond donors (Lipinski definition) is 2. The predicted octanol–water partition coefficient (Wildman–Crippen LogP) is 2.29. The van der Waals surface area contributed by atoms with E-state index in [0.717, 1.165) is 24.1 Å². The monoisotopic (exact) mass is 274 g/mol. The maximum atomic E-state index is 12.0. The van der Waals surface area contributed by atoms with E-state index in [4.69, 9.17) is 0 Å². The van der Waals surface area contributed by atoms with Crippen LogP contribution in [0, 0.1) is 0 Å². The Morgan fingerprint density at radius 1 is 0.824 bits per heavy atom. The van der Waals surface area contributed by atoms with Gasteiger partial charge >= 0.3 is 85.4 Å². The molecule has 4 unspecified atom stereocenters. The van der Waals surface area contributed by atoms with Gasteiger partial charge in [-0.1, -0.05) is 0 Å². The fraction of sp³-hybridized carbons (Fsp3) is 0.833. The molecule has 4 atom stereocenters. The summed E-state index contributed by atoms with van der Waals surface area (Å²) in [5, 5.41) is 19.7. The minimum atomic E-state index is -4.10. The molecule has 0 aromatic heterocycles. The van der Waals surface area contributed by atoms with Crippen LogP contribution in [0.25, 0.3) is 0 Å². The van der Waals surface area contributed by atoms with Gasteiger partial charge in [0.15, 0.2) is 0 Å². The van der Waals surface area contributed by atoms with Gasteiger partial charge in [0, 0.05) is 0 Å². The van der Waals surface area contributed by atoms with Gasteiger partial charge in [-0.15, -0.1) is 0 Å². The summed E-state index contributed by atoms with van der Waals surface area (Å²) in [6.07, 6.45) is 0. The van der Waals surface area contributed by atoms with E-state index >= 15 is 0 Å². The van der Waals surface area contributed by atoms with Gasteiger partial charge in [0.2, 0.25) is 0 Å². The van der Waals surface area contributed by atoms with Crippen molar-refractivity contribution in [2.24, 2.45) is 0 Å². The Kier molecular flexibility index (Phi) is 0.154. The molecule has 10 fully saturated rings. The molecule has 0 bridgehead atoms. The van der Waals surface area contributed by atoms with Gasteiger partial charge in [-0.05, 0) is 0 Å². The zero-order chi connectivity index (χ0) is 11.1. The fourth-order valence-corrected chi connectivity index (χ4v) is 92.6. The van der Waals surface area contributed by atoms with Crippen LogP contribution in [0.3, 0.4) is 0 Å². The van der Waals surface area contributed by atoms with Gasteiger partial charge in [-0.3, -0.25) is 0 Å². The van der Waals surface area contributed by atoms with Crippen molar-refractivity contribution < 1.29 is 26.3 Å². The third-order valence-electron chi connectivity index (χ3n) is 15.5. The second-order valence-corrected chi connectivity index (χ2v) is 33.6. The molecule has 2 N–H and O–H groups in total. The number of hydrogen-bond acceptors (Lipinski definition) is 2. The van der Waals surface area contributed by atoms with Gasteiger partial charge in [-0.2, -0.15) is 0 Å². The fourth-order valence-electron chi connectivity index (χ4n) is 17.7. The summed E-state index contributed by atoms with van der Waals surface area (Å²) in [6, 6.07) is 0. The molecule has 17 heavy (non-hydrogen) atoms. The SMILES string of the molecule is O=C(O)[C]12[CH]3[CH]4[C]5(C(=O)O)[CH]1[Fe]34251678[CH]2[CH]1[CH]6[CH]7[CH]28. The molecule has 0 aromatic carbocycles. The average molecular weight is 274 g/mol. The van der Waals surface area contributed by atoms with Crippen molar-refractivity contribution in [3.8, 4) is 0 Å². The second kappa shape index (κ2) is 0.432. The van der Waals surface area contributed by atoms with Crippen molar-refractivity contribution in [2.75, 3.05) is 0 Å². The Labute approximate surface area is 85.7 Å². The van der Waals surface area contributed by atoms with E-state index in [-0.39, 0.29) is 13.4 Å². The molecule has 0 aromatic rings. The Hall–Kier alpha value is -0.541. The van der Waals surface area contributed by atoms with E-state index in [1.807, 2.05) is 0 Å². The Morgan fingerprint density at radius 2 is 1.18 bits per heavy atom. The Bertz CT molecular complexity index is 1030. The predicted molar refractivity (Wildman–Crippen MR) is 50.7 cm³/mol. The summed E-state index contributed by atoms with van der Waals surface area (Å²) >= 11 is 0. The molecule has 1 spiro atoms. The van der Waals surface area contributed by atoms with E-state index in [1.54, 1.807) is 0 Å². The quantitative estimate of drug-likeness (QED) is 0.757. The molecule has 0 amide bonds. The van der Waals surface area contributed by atoms with Crippen LogP contribution >= 0.6 is 0 Å². The Morgan fingerprint density at radius 3 is 1.29 bits per heavy atom. The number of carboxylic acid groups (broad SMARTS) is 2. The zero-order valence-corrected chi connectivity index (χ0v) is 9.79. The molecule has 90 valence electrons. The van der Waals surface area contributed by atoms with Crippen molar-refractivity contribution >= 4 is 11.9 Å². The standard InChI is InChI=1S/C7H5O4.C5H5.Fe/c8-6(9)4-1-2-5(3-4)7(10)11;1-2-4-5-3-1;/h1-3H,(H,8,9)(H,10,11);1-5H;. The minimum absolute atomic E-state index is 0.268. The maximum absolute atomic E-state index is 12.0. The van der Waals surface area contributed by atoms with Crippen LogP contribution in [0.1, 0.15) is 0 Å². The van der Waals surface area contributed by atoms with Crippen LogP contribution in [-0.4, -0.2) is 22.2 Å². The van der Waals surface area contributed by atoms with Gasteiger partial charge in [0.25, 0.3) is 0 Å². The first kappa shape index (κ1) is 6.07. The average Bonchev–Trinajstić information content (AvgIpc) is 3.22. The molecule has 5 heteroatoms. The van der Waals surface area contributed by atoms with Crippen molar-refractivity contribution in [1.82, 2.24) is 0 Å². The van der Waals surface area contributed by atoms with Crippen LogP contribution < -0.4 is 0 Å². The van der Waals surface area contributed by atoms with Gasteiger partial charge in [0.1, 0.15) is 0 Å². The number of aliphatic carboxylic acids is 2. The van der Waals surface area contributed by atoms with E-state index in [9.17, 15) is 19.8 Å². The molecule has 0 radical (unpaired) electrons. The summed E-state index contributed by atoms with van der Waals surface area (Å²) < 4.78 is -0.653. The van der Waals surface area contributed by atoms with Crippen LogP contribution in [0.4, 0.5) is 0 Å². The van der Waals surface area contributed by atoms with Crippen LogP contribution in [0.2, 0.25) is 47.2 Å². The summed E-state index contributed by atoms with van der Waals surface area (Å²) in [7, 11) is 0. The molecule has 10 saturated heterocycles. The van der Waals surface area contributed by atoms with Crippen molar-refractivity contribution in [1.29, 1.82) is 0 Å². The van der Waals surface area contributed by atoms with Crippen LogP contribution in [0.5, 0.6) is 0 Å². The summed E-state index contributed by atoms with van der Waals surface area (Å²) in [5.74, 6) is -1.07. The number of rotatable bonds is 2. The van der Waals surface area contributed by atoms with E-state index in [1.165, 1.54) is 0 Å². The Balaban J connectivity index is 1.79. The first-order chi connectivity index (χ1) is 7.82. The molecule has 10 aliphatic heterocycles. The topological polar surface area (TPSA) is 74.6 Å². The van der Waals surface area contributed by atoms with E-state index in [2.05, 4.69) is 0 Å². The van der Waals surface area contributed by atoms with Crippen LogP contribution in [0.15, 0.2) is 0 Å². The normalized spacial score (nSPS) is 123. The first-order valence-electron chi connectivity index (χ1n) is 6.50. The van der Waals surface area contributed by atoms with Crippen LogP contribution in [-0.2, 0) is 16.1 Å². The van der Waals surface area contributed by atoms with E-state index in [0.29, 0.717) is 9.63 Å². The summed E-state index contributed by atoms with van der Waals surface area (Å²) in [5.41, 5.74) is 0. The second-order valence-electron chi connectivity index (χ2n) is 10.4. The molecule has 0 saturated carbocycles.